The Balaban J connectivity index is 1.84. The number of nitrogens with zero attached hydrogens (tertiary/aromatic N) is 1. The van der Waals surface area contributed by atoms with Crippen molar-refractivity contribution in [3.63, 3.8) is 0 Å². The van der Waals surface area contributed by atoms with Crippen LogP contribution in [0.25, 0.3) is 0 Å². The Labute approximate surface area is 236 Å². The molecule has 4 rings (SSSR count). The van der Waals surface area contributed by atoms with E-state index >= 15 is 4.39 Å². The minimum Gasteiger partial charge on any atom is -0.493 e. The van der Waals surface area contributed by atoms with E-state index in [0.29, 0.717) is 19.3 Å². The van der Waals surface area contributed by atoms with Gasteiger partial charge in [-0.3, -0.25) is 14.4 Å². The van der Waals surface area contributed by atoms with E-state index in [2.05, 4.69) is 5.32 Å². The Morgan fingerprint density at radius 3 is 2.15 bits per heavy atom. The van der Waals surface area contributed by atoms with Crippen molar-refractivity contribution in [3.8, 4) is 11.5 Å². The van der Waals surface area contributed by atoms with E-state index < -0.39 is 29.4 Å². The van der Waals surface area contributed by atoms with Crippen molar-refractivity contribution in [1.29, 1.82) is 0 Å². The van der Waals surface area contributed by atoms with Gasteiger partial charge in [-0.15, -0.1) is 0 Å². The minimum absolute atomic E-state index is 0.00263. The highest BCUT2D eigenvalue weighted by Crippen LogP contribution is 2.40. The lowest BCUT2D eigenvalue weighted by Crippen LogP contribution is -2.67. The molecule has 1 fully saturated rings. The number of amides is 2. The van der Waals surface area contributed by atoms with E-state index in [-0.39, 0.29) is 52.9 Å². The summed E-state index contributed by atoms with van der Waals surface area (Å²) in [7, 11) is 2.83. The van der Waals surface area contributed by atoms with E-state index in [1.165, 1.54) is 31.3 Å². The minimum atomic E-state index is -1.30. The second-order valence-corrected chi connectivity index (χ2v) is 12.6. The quantitative estimate of drug-likeness (QED) is 0.471. The molecule has 7 nitrogen and oxygen atoms in total. The molecule has 0 radical (unpaired) electrons. The average Bonchev–Trinajstić information content (AvgIpc) is 3.31. The molecule has 2 aromatic carbocycles. The summed E-state index contributed by atoms with van der Waals surface area (Å²) in [6, 6.07) is 7.56. The maximum Gasteiger partial charge on any atom is 0.247 e. The number of piperazine rings is 1. The van der Waals surface area contributed by atoms with Gasteiger partial charge in [0.1, 0.15) is 23.9 Å². The van der Waals surface area contributed by atoms with Crippen molar-refractivity contribution in [2.24, 2.45) is 17.3 Å². The number of Topliss-reactive ketones (excluding diaryl/α,β-unsaturated/α-hetero) is 1. The molecule has 216 valence electrons. The maximum atomic E-state index is 15.8. The maximum absolute atomic E-state index is 15.8. The summed E-state index contributed by atoms with van der Waals surface area (Å²) in [6.45, 7) is 9.67. The van der Waals surface area contributed by atoms with Crippen LogP contribution >= 0.6 is 0 Å². The summed E-state index contributed by atoms with van der Waals surface area (Å²) < 4.78 is 26.5. The number of hydrogen-bond acceptors (Lipinski definition) is 5. The molecule has 1 saturated heterocycles. The highest BCUT2D eigenvalue weighted by Gasteiger charge is 2.50. The zero-order valence-corrected chi connectivity index (χ0v) is 24.5. The molecule has 1 N–H and O–H groups in total. The number of methoxy groups -OCH3 is 2. The first-order valence-corrected chi connectivity index (χ1v) is 14.0. The molecule has 0 bridgehead atoms. The summed E-state index contributed by atoms with van der Waals surface area (Å²) in [5.74, 6) is -1.40. The standard InChI is InChI=1S/C32H41FN2O5/c1-18(2)12-24-30(37)34-28(21-13-19-10-8-9-11-20(19)14-21)31(38)35(24)29(25(36)17-32(3,4)5)22-15-26(39-6)27(40-7)16-23(22)33/h8-11,15-16,18,21,24,28-29H,12-14,17H2,1-7H3,(H,34,37)/t24-,28-,29-/m1/s1. The normalized spacial score (nSPS) is 20.4. The Hall–Kier alpha value is -3.42. The lowest BCUT2D eigenvalue weighted by molar-refractivity contribution is -0.157. The van der Waals surface area contributed by atoms with Gasteiger partial charge < -0.3 is 19.7 Å². The second-order valence-electron chi connectivity index (χ2n) is 12.6. The number of carbonyl (C=O) groups is 3. The van der Waals surface area contributed by atoms with E-state index in [1.54, 1.807) is 0 Å². The van der Waals surface area contributed by atoms with Gasteiger partial charge >= 0.3 is 0 Å². The lowest BCUT2D eigenvalue weighted by Gasteiger charge is -2.45. The number of halogens is 1. The summed E-state index contributed by atoms with van der Waals surface area (Å²) in [6.07, 6.45) is 1.70. The van der Waals surface area contributed by atoms with Crippen molar-refractivity contribution in [1.82, 2.24) is 10.2 Å². The van der Waals surface area contributed by atoms with Crippen LogP contribution in [0.5, 0.6) is 11.5 Å². The molecule has 0 unspecified atom stereocenters. The Kier molecular flexibility index (Phi) is 8.57. The Morgan fingerprint density at radius 1 is 1.05 bits per heavy atom. The van der Waals surface area contributed by atoms with Crippen LogP contribution in [-0.2, 0) is 27.2 Å². The molecule has 2 amide bonds. The van der Waals surface area contributed by atoms with Gasteiger partial charge in [0.25, 0.3) is 0 Å². The molecule has 40 heavy (non-hydrogen) atoms. The van der Waals surface area contributed by atoms with E-state index in [9.17, 15) is 14.4 Å². The van der Waals surface area contributed by atoms with Crippen LogP contribution < -0.4 is 14.8 Å². The predicted octanol–water partition coefficient (Wildman–Crippen LogP) is 5.05. The van der Waals surface area contributed by atoms with Crippen LogP contribution in [0.15, 0.2) is 36.4 Å². The highest BCUT2D eigenvalue weighted by molar-refractivity contribution is 6.01. The molecule has 1 aliphatic heterocycles. The third-order valence-electron chi connectivity index (χ3n) is 7.79. The third-order valence-corrected chi connectivity index (χ3v) is 7.79. The van der Waals surface area contributed by atoms with E-state index in [1.807, 2.05) is 58.9 Å². The number of ether oxygens (including phenoxy) is 2. The van der Waals surface area contributed by atoms with Crippen LogP contribution in [0.2, 0.25) is 0 Å². The fourth-order valence-electron chi connectivity index (χ4n) is 6.05. The average molecular weight is 553 g/mol. The van der Waals surface area contributed by atoms with Crippen molar-refractivity contribution < 1.29 is 28.2 Å². The molecular weight excluding hydrogens is 511 g/mol. The fraction of sp³-hybridized carbons (Fsp3) is 0.531. The van der Waals surface area contributed by atoms with Crippen LogP contribution in [0.3, 0.4) is 0 Å². The van der Waals surface area contributed by atoms with E-state index in [4.69, 9.17) is 9.47 Å². The monoisotopic (exact) mass is 552 g/mol. The third kappa shape index (κ3) is 6.01. The SMILES string of the molecule is COc1cc(F)c([C@H](C(=O)CC(C)(C)C)N2C(=O)[C@@H](C3Cc4ccccc4C3)NC(=O)[C@H]2CC(C)C)cc1OC. The summed E-state index contributed by atoms with van der Waals surface area (Å²) in [5, 5.41) is 3.00. The summed E-state index contributed by atoms with van der Waals surface area (Å²) >= 11 is 0. The van der Waals surface area contributed by atoms with Gasteiger partial charge in [0.2, 0.25) is 11.8 Å². The lowest BCUT2D eigenvalue weighted by atomic mass is 9.83. The van der Waals surface area contributed by atoms with E-state index in [0.717, 1.165) is 11.1 Å². The molecule has 2 aliphatic rings. The molecule has 1 heterocycles. The van der Waals surface area contributed by atoms with Gasteiger partial charge in [-0.05, 0) is 53.7 Å². The van der Waals surface area contributed by atoms with Crippen LogP contribution in [0.1, 0.15) is 70.2 Å². The highest BCUT2D eigenvalue weighted by atomic mass is 19.1. The largest absolute Gasteiger partial charge is 0.493 e. The summed E-state index contributed by atoms with van der Waals surface area (Å²) in [4.78, 5) is 43.6. The number of fused-ring (bicyclic) bond motifs is 1. The molecule has 8 heteroatoms. The molecule has 2 aromatic rings. The van der Waals surface area contributed by atoms with Crippen LogP contribution in [0.4, 0.5) is 4.39 Å². The molecule has 3 atom stereocenters. The number of ketones is 1. The fourth-order valence-corrected chi connectivity index (χ4v) is 6.05. The molecule has 0 spiro atoms. The molecule has 1 aliphatic carbocycles. The molecule has 0 saturated carbocycles. The zero-order valence-electron chi connectivity index (χ0n) is 24.5. The summed E-state index contributed by atoms with van der Waals surface area (Å²) in [5.41, 5.74) is 1.87. The van der Waals surface area contributed by atoms with Crippen LogP contribution in [0, 0.1) is 23.1 Å². The number of rotatable bonds is 9. The number of benzene rings is 2. The predicted molar refractivity (Wildman–Crippen MR) is 151 cm³/mol. The number of nitrogens with one attached hydrogen (secondary N) is 1. The van der Waals surface area contributed by atoms with Crippen molar-refractivity contribution in [3.05, 3.63) is 58.9 Å². The Bertz CT molecular complexity index is 1260. The Morgan fingerprint density at radius 2 is 1.62 bits per heavy atom. The molecular formula is C32H41FN2O5. The topological polar surface area (TPSA) is 84.9 Å². The van der Waals surface area contributed by atoms with Gasteiger partial charge in [-0.2, -0.15) is 0 Å². The smallest absolute Gasteiger partial charge is 0.247 e. The van der Waals surface area contributed by atoms with Crippen molar-refractivity contribution in [2.75, 3.05) is 14.2 Å². The number of carbonyl (C=O) groups excluding carboxylic acids is 3. The first kappa shape index (κ1) is 29.6. The van der Waals surface area contributed by atoms with Crippen molar-refractivity contribution >= 4 is 17.6 Å². The van der Waals surface area contributed by atoms with Gasteiger partial charge in [-0.25, -0.2) is 4.39 Å². The van der Waals surface area contributed by atoms with Gasteiger partial charge in [0, 0.05) is 18.1 Å². The number of hydrogen-bond donors (Lipinski definition) is 1. The van der Waals surface area contributed by atoms with Gasteiger partial charge in [0.05, 0.1) is 14.2 Å². The molecule has 0 aromatic heterocycles. The second kappa shape index (κ2) is 11.6. The first-order chi connectivity index (χ1) is 18.8. The van der Waals surface area contributed by atoms with Gasteiger partial charge in [-0.1, -0.05) is 58.9 Å². The van der Waals surface area contributed by atoms with Crippen molar-refractivity contribution in [2.45, 2.75) is 78.4 Å². The van der Waals surface area contributed by atoms with Crippen LogP contribution in [-0.4, -0.2) is 48.8 Å². The zero-order chi connectivity index (χ0) is 29.4. The first-order valence-electron chi connectivity index (χ1n) is 14.0. The van der Waals surface area contributed by atoms with Gasteiger partial charge in [0.15, 0.2) is 17.3 Å².